The van der Waals surface area contributed by atoms with Gasteiger partial charge >= 0.3 is 0 Å². The van der Waals surface area contributed by atoms with Gasteiger partial charge in [0.05, 0.1) is 0 Å². The minimum absolute atomic E-state index is 0.156. The van der Waals surface area contributed by atoms with Crippen molar-refractivity contribution >= 4 is 5.91 Å². The summed E-state index contributed by atoms with van der Waals surface area (Å²) in [5, 5.41) is 5.10. The van der Waals surface area contributed by atoms with E-state index in [0.29, 0.717) is 0 Å². The fourth-order valence-electron chi connectivity index (χ4n) is 0.471. The van der Waals surface area contributed by atoms with Crippen molar-refractivity contribution in [1.82, 2.24) is 10.6 Å². The molecule has 4 N–H and O–H groups in total. The second-order valence-corrected chi connectivity index (χ2v) is 1.49. The Balaban J connectivity index is 2.54. The van der Waals surface area contributed by atoms with E-state index in [-0.39, 0.29) is 5.91 Å². The molecule has 0 spiro atoms. The molecule has 0 saturated carbocycles. The number of hydrogen-bond donors (Lipinski definition) is 3. The molecule has 1 amide bonds. The van der Waals surface area contributed by atoms with Crippen LogP contribution in [0.3, 0.4) is 0 Å². The second-order valence-electron chi connectivity index (χ2n) is 1.49. The number of amides is 1. The molecule has 1 atom stereocenters. The molecule has 44 valence electrons. The largest absolute Gasteiger partial charge is 0.359 e. The number of hydrogen-bond acceptors (Lipinski definition) is 3. The van der Waals surface area contributed by atoms with Gasteiger partial charge in [-0.15, -0.1) is 0 Å². The summed E-state index contributed by atoms with van der Waals surface area (Å²) < 4.78 is 0. The normalized spacial score (nSPS) is 26.6. The Kier molecular flexibility index (Phi) is 1.17. The summed E-state index contributed by atoms with van der Waals surface area (Å²) in [5.41, 5.74) is 5.23. The summed E-state index contributed by atoms with van der Waals surface area (Å²) in [6.07, 6.45) is 2.47. The lowest BCUT2D eigenvalue weighted by atomic mass is 10.5. The highest BCUT2D eigenvalue weighted by Gasteiger charge is 2.04. The van der Waals surface area contributed by atoms with Gasteiger partial charge in [-0.25, -0.2) is 0 Å². The molecule has 4 nitrogen and oxygen atoms in total. The van der Waals surface area contributed by atoms with E-state index in [1.165, 1.54) is 12.3 Å². The first kappa shape index (κ1) is 5.11. The molecule has 0 bridgehead atoms. The topological polar surface area (TPSA) is 67.1 Å². The number of rotatable bonds is 0. The van der Waals surface area contributed by atoms with Crippen molar-refractivity contribution in [3.05, 3.63) is 12.3 Å². The van der Waals surface area contributed by atoms with E-state index in [1.54, 1.807) is 0 Å². The van der Waals surface area contributed by atoms with Gasteiger partial charge < -0.3 is 10.6 Å². The Bertz CT molecular complexity index is 131. The summed E-state index contributed by atoms with van der Waals surface area (Å²) in [4.78, 5) is 10.4. The van der Waals surface area contributed by atoms with E-state index in [0.717, 1.165) is 0 Å². The maximum absolute atomic E-state index is 10.4. The molecule has 0 aliphatic carbocycles. The van der Waals surface area contributed by atoms with Crippen LogP contribution in [0.5, 0.6) is 0 Å². The van der Waals surface area contributed by atoms with Gasteiger partial charge in [-0.2, -0.15) is 0 Å². The molecule has 0 radical (unpaired) electrons. The molecule has 0 aromatic heterocycles. The third kappa shape index (κ3) is 0.974. The third-order valence-corrected chi connectivity index (χ3v) is 0.808. The lowest BCUT2D eigenvalue weighted by molar-refractivity contribution is -0.117. The summed E-state index contributed by atoms with van der Waals surface area (Å²) in [6.45, 7) is 0. The Hall–Kier alpha value is -1.03. The van der Waals surface area contributed by atoms with E-state index in [4.69, 9.17) is 5.73 Å². The fraction of sp³-hybridized carbons (Fsp3) is 0.250. The minimum atomic E-state index is -0.424. The van der Waals surface area contributed by atoms with E-state index >= 15 is 0 Å². The molecule has 4 heteroatoms. The first-order valence-electron chi connectivity index (χ1n) is 2.28. The van der Waals surface area contributed by atoms with Crippen molar-refractivity contribution in [2.75, 3.05) is 0 Å². The maximum Gasteiger partial charge on any atom is 0.248 e. The Labute approximate surface area is 46.7 Å². The van der Waals surface area contributed by atoms with Gasteiger partial charge in [0.1, 0.15) is 0 Å². The third-order valence-electron chi connectivity index (χ3n) is 0.808. The zero-order chi connectivity index (χ0) is 5.98. The fourth-order valence-corrected chi connectivity index (χ4v) is 0.471. The van der Waals surface area contributed by atoms with Crippen LogP contribution >= 0.6 is 0 Å². The number of carbonyl (C=O) groups is 1. The van der Waals surface area contributed by atoms with Crippen LogP contribution in [-0.4, -0.2) is 12.2 Å². The quantitative estimate of drug-likeness (QED) is 0.356. The van der Waals surface area contributed by atoms with Crippen molar-refractivity contribution in [3.63, 3.8) is 0 Å². The van der Waals surface area contributed by atoms with Crippen molar-refractivity contribution in [3.8, 4) is 0 Å². The van der Waals surface area contributed by atoms with Crippen LogP contribution in [0, 0.1) is 0 Å². The lowest BCUT2D eigenvalue weighted by Gasteiger charge is -2.15. The zero-order valence-electron chi connectivity index (χ0n) is 4.22. The monoisotopic (exact) mass is 113 g/mol. The van der Waals surface area contributed by atoms with Gasteiger partial charge in [-0.1, -0.05) is 0 Å². The molecule has 1 rings (SSSR count). The minimum Gasteiger partial charge on any atom is -0.359 e. The molecule has 1 heterocycles. The molecule has 0 aromatic carbocycles. The van der Waals surface area contributed by atoms with Crippen molar-refractivity contribution < 1.29 is 4.79 Å². The van der Waals surface area contributed by atoms with Crippen LogP contribution in [0.25, 0.3) is 0 Å². The Morgan fingerprint density at radius 2 is 2.50 bits per heavy atom. The molecule has 1 aliphatic rings. The van der Waals surface area contributed by atoms with E-state index in [2.05, 4.69) is 10.6 Å². The van der Waals surface area contributed by atoms with Crippen molar-refractivity contribution in [2.24, 2.45) is 5.73 Å². The van der Waals surface area contributed by atoms with Crippen molar-refractivity contribution in [1.29, 1.82) is 0 Å². The number of carbonyl (C=O) groups excluding carboxylic acids is 1. The average molecular weight is 113 g/mol. The number of nitrogens with two attached hydrogens (primary N) is 1. The predicted octanol–water partition coefficient (Wildman–Crippen LogP) is -1.54. The maximum atomic E-state index is 10.4. The summed E-state index contributed by atoms with van der Waals surface area (Å²) >= 11 is 0. The molecular formula is C4H7N3O. The highest BCUT2D eigenvalue weighted by Crippen LogP contribution is 1.78. The highest BCUT2D eigenvalue weighted by molar-refractivity contribution is 5.88. The summed E-state index contributed by atoms with van der Waals surface area (Å²) in [7, 11) is 0. The van der Waals surface area contributed by atoms with Crippen LogP contribution in [0.4, 0.5) is 0 Å². The number of nitrogens with one attached hydrogen (secondary N) is 2. The van der Waals surface area contributed by atoms with Crippen LogP contribution in [0.2, 0.25) is 0 Å². The molecule has 0 fully saturated rings. The SMILES string of the molecule is NC1NC=CC(=O)N1. The van der Waals surface area contributed by atoms with E-state index in [9.17, 15) is 4.79 Å². The van der Waals surface area contributed by atoms with E-state index in [1.807, 2.05) is 0 Å². The van der Waals surface area contributed by atoms with Gasteiger partial charge in [0.25, 0.3) is 0 Å². The first-order valence-corrected chi connectivity index (χ1v) is 2.28. The lowest BCUT2D eigenvalue weighted by Crippen LogP contribution is -2.51. The smallest absolute Gasteiger partial charge is 0.248 e. The molecular weight excluding hydrogens is 106 g/mol. The summed E-state index contributed by atoms with van der Waals surface area (Å²) in [5.74, 6) is -0.156. The molecule has 1 unspecified atom stereocenters. The summed E-state index contributed by atoms with van der Waals surface area (Å²) in [6, 6.07) is 0. The highest BCUT2D eigenvalue weighted by atomic mass is 16.1. The molecule has 0 aromatic rings. The van der Waals surface area contributed by atoms with Crippen LogP contribution < -0.4 is 16.4 Å². The van der Waals surface area contributed by atoms with Gasteiger partial charge in [0.2, 0.25) is 5.91 Å². The van der Waals surface area contributed by atoms with E-state index < -0.39 is 6.29 Å². The second kappa shape index (κ2) is 1.83. The van der Waals surface area contributed by atoms with Gasteiger partial charge in [-0.05, 0) is 0 Å². The first-order chi connectivity index (χ1) is 3.79. The van der Waals surface area contributed by atoms with Crippen LogP contribution in [0.1, 0.15) is 0 Å². The van der Waals surface area contributed by atoms with Crippen LogP contribution in [-0.2, 0) is 4.79 Å². The predicted molar refractivity (Wildman–Crippen MR) is 28.4 cm³/mol. The van der Waals surface area contributed by atoms with Crippen LogP contribution in [0.15, 0.2) is 12.3 Å². The molecule has 1 aliphatic heterocycles. The zero-order valence-corrected chi connectivity index (χ0v) is 4.22. The standard InChI is InChI=1S/C4H7N3O/c5-4-6-2-1-3(8)7-4/h1-2,4,6H,5H2,(H,7,8). The molecule has 0 saturated heterocycles. The van der Waals surface area contributed by atoms with Gasteiger partial charge in [0, 0.05) is 12.3 Å². The Morgan fingerprint density at radius 1 is 1.75 bits per heavy atom. The van der Waals surface area contributed by atoms with Crippen molar-refractivity contribution in [2.45, 2.75) is 6.29 Å². The van der Waals surface area contributed by atoms with Gasteiger partial charge in [-0.3, -0.25) is 10.5 Å². The van der Waals surface area contributed by atoms with Gasteiger partial charge in [0.15, 0.2) is 6.29 Å². The average Bonchev–Trinajstić information content (AvgIpc) is 1.64. The molecule has 8 heavy (non-hydrogen) atoms. The Morgan fingerprint density at radius 3 is 2.88 bits per heavy atom.